The van der Waals surface area contributed by atoms with Crippen LogP contribution in [0.5, 0.6) is 0 Å². The molecule has 1 aromatic rings. The van der Waals surface area contributed by atoms with Gasteiger partial charge >= 0.3 is 0 Å². The predicted octanol–water partition coefficient (Wildman–Crippen LogP) is 1.18. The van der Waals surface area contributed by atoms with E-state index in [1.165, 1.54) is 6.20 Å². The largest absolute Gasteiger partial charge is 0.385 e. The van der Waals surface area contributed by atoms with Crippen molar-refractivity contribution in [2.24, 2.45) is 0 Å². The predicted molar refractivity (Wildman–Crippen MR) is 87.1 cm³/mol. The Morgan fingerprint density at radius 3 is 2.65 bits per heavy atom. The molecule has 0 fully saturated rings. The Hall–Kier alpha value is -2.02. The zero-order valence-corrected chi connectivity index (χ0v) is 14.2. The quantitative estimate of drug-likeness (QED) is 0.654. The van der Waals surface area contributed by atoms with Crippen molar-refractivity contribution in [2.45, 2.75) is 33.1 Å². The number of carbonyl (C=O) groups is 2. The third-order valence-corrected chi connectivity index (χ3v) is 3.24. The molecule has 7 heteroatoms. The highest BCUT2D eigenvalue weighted by Crippen LogP contribution is 2.04. The lowest BCUT2D eigenvalue weighted by atomic mass is 10.3. The van der Waals surface area contributed by atoms with Gasteiger partial charge in [-0.2, -0.15) is 0 Å². The average Bonchev–Trinajstić information content (AvgIpc) is 2.55. The molecule has 1 aromatic heterocycles. The van der Waals surface area contributed by atoms with Gasteiger partial charge in [-0.3, -0.25) is 14.6 Å². The van der Waals surface area contributed by atoms with Gasteiger partial charge in [0.25, 0.3) is 5.91 Å². The molecule has 0 unspecified atom stereocenters. The molecule has 0 aliphatic heterocycles. The first-order valence-electron chi connectivity index (χ1n) is 7.92. The summed E-state index contributed by atoms with van der Waals surface area (Å²) >= 11 is 0. The van der Waals surface area contributed by atoms with Gasteiger partial charge in [0.1, 0.15) is 5.69 Å². The Morgan fingerprint density at radius 2 is 2.04 bits per heavy atom. The molecule has 128 valence electrons. The minimum absolute atomic E-state index is 0.0648. The normalized spacial score (nSPS) is 10.4. The lowest BCUT2D eigenvalue weighted by Gasteiger charge is -2.21. The molecule has 1 rings (SSSR count). The van der Waals surface area contributed by atoms with E-state index in [1.807, 2.05) is 13.8 Å². The van der Waals surface area contributed by atoms with Crippen LogP contribution >= 0.6 is 0 Å². The van der Waals surface area contributed by atoms with Crippen molar-refractivity contribution in [3.8, 4) is 0 Å². The minimum Gasteiger partial charge on any atom is -0.385 e. The molecular weight excluding hydrogens is 296 g/mol. The number of nitrogens with one attached hydrogen (secondary N) is 1. The average molecular weight is 322 g/mol. The molecule has 0 spiro atoms. The van der Waals surface area contributed by atoms with Crippen LogP contribution in [0.2, 0.25) is 0 Å². The van der Waals surface area contributed by atoms with Gasteiger partial charge < -0.3 is 15.0 Å². The first-order valence-corrected chi connectivity index (χ1v) is 7.92. The second-order valence-electron chi connectivity index (χ2n) is 5.28. The van der Waals surface area contributed by atoms with Crippen molar-refractivity contribution in [2.75, 3.05) is 33.4 Å². The molecular formula is C16H26N4O3. The lowest BCUT2D eigenvalue weighted by molar-refractivity contribution is -0.121. The van der Waals surface area contributed by atoms with Gasteiger partial charge in [-0.15, -0.1) is 0 Å². The molecule has 2 amide bonds. The summed E-state index contributed by atoms with van der Waals surface area (Å²) < 4.78 is 4.93. The summed E-state index contributed by atoms with van der Waals surface area (Å²) in [5.74, 6) is -0.253. The fraction of sp³-hybridized carbons (Fsp3) is 0.625. The van der Waals surface area contributed by atoms with Gasteiger partial charge in [-0.05, 0) is 19.8 Å². The second-order valence-corrected chi connectivity index (χ2v) is 5.28. The first-order chi connectivity index (χ1) is 11.1. The van der Waals surface area contributed by atoms with E-state index in [1.54, 1.807) is 18.2 Å². The van der Waals surface area contributed by atoms with E-state index in [0.29, 0.717) is 31.9 Å². The van der Waals surface area contributed by atoms with E-state index in [0.717, 1.165) is 18.5 Å². The smallest absolute Gasteiger partial charge is 0.274 e. The van der Waals surface area contributed by atoms with Crippen molar-refractivity contribution in [1.82, 2.24) is 20.2 Å². The first kappa shape index (κ1) is 19.0. The van der Waals surface area contributed by atoms with Gasteiger partial charge in [0.2, 0.25) is 5.91 Å². The summed E-state index contributed by atoms with van der Waals surface area (Å²) in [6.07, 6.45) is 4.92. The summed E-state index contributed by atoms with van der Waals surface area (Å²) in [5.41, 5.74) is 1.07. The maximum atomic E-state index is 12.4. The Kier molecular flexibility index (Phi) is 8.82. The fourth-order valence-electron chi connectivity index (χ4n) is 2.02. The molecule has 0 saturated carbocycles. The van der Waals surface area contributed by atoms with E-state index in [-0.39, 0.29) is 18.2 Å². The van der Waals surface area contributed by atoms with Crippen LogP contribution in [0.3, 0.4) is 0 Å². The summed E-state index contributed by atoms with van der Waals surface area (Å²) in [4.78, 5) is 34.1. The van der Waals surface area contributed by atoms with E-state index in [4.69, 9.17) is 4.74 Å². The molecule has 23 heavy (non-hydrogen) atoms. The number of hydrogen-bond donors (Lipinski definition) is 1. The number of rotatable bonds is 10. The van der Waals surface area contributed by atoms with Crippen LogP contribution in [0, 0.1) is 6.92 Å². The van der Waals surface area contributed by atoms with Crippen molar-refractivity contribution < 1.29 is 14.3 Å². The third-order valence-electron chi connectivity index (χ3n) is 3.24. The molecule has 0 saturated heterocycles. The summed E-state index contributed by atoms with van der Waals surface area (Å²) in [6, 6.07) is 0. The van der Waals surface area contributed by atoms with Crippen LogP contribution in [0.1, 0.15) is 42.4 Å². The van der Waals surface area contributed by atoms with Gasteiger partial charge in [0, 0.05) is 46.0 Å². The standard InChI is InChI=1S/C16H26N4O3/c1-4-8-20(9-6-15(21)17-7-5-10-23-3)16(22)14-12-18-13(2)11-19-14/h11-12H,4-10H2,1-3H3,(H,17,21). The van der Waals surface area contributed by atoms with Crippen LogP contribution in [-0.4, -0.2) is 60.0 Å². The van der Waals surface area contributed by atoms with Gasteiger partial charge in [0.15, 0.2) is 0 Å². The lowest BCUT2D eigenvalue weighted by Crippen LogP contribution is -2.36. The van der Waals surface area contributed by atoms with Crippen molar-refractivity contribution in [3.63, 3.8) is 0 Å². The monoisotopic (exact) mass is 322 g/mol. The highest BCUT2D eigenvalue weighted by Gasteiger charge is 2.17. The number of aromatic nitrogens is 2. The topological polar surface area (TPSA) is 84.4 Å². The zero-order chi connectivity index (χ0) is 17.1. The molecule has 1 heterocycles. The van der Waals surface area contributed by atoms with Crippen molar-refractivity contribution in [3.05, 3.63) is 23.8 Å². The summed E-state index contributed by atoms with van der Waals surface area (Å²) in [7, 11) is 1.63. The molecule has 1 N–H and O–H groups in total. The number of hydrogen-bond acceptors (Lipinski definition) is 5. The Balaban J connectivity index is 2.49. The van der Waals surface area contributed by atoms with Crippen molar-refractivity contribution in [1.29, 1.82) is 0 Å². The molecule has 0 radical (unpaired) electrons. The van der Waals surface area contributed by atoms with Crippen LogP contribution in [-0.2, 0) is 9.53 Å². The molecule has 0 aliphatic carbocycles. The van der Waals surface area contributed by atoms with Crippen LogP contribution < -0.4 is 5.32 Å². The third kappa shape index (κ3) is 7.19. The molecule has 0 bridgehead atoms. The Labute approximate surface area is 137 Å². The van der Waals surface area contributed by atoms with E-state index < -0.39 is 0 Å². The van der Waals surface area contributed by atoms with E-state index in [9.17, 15) is 9.59 Å². The number of aryl methyl sites for hydroxylation is 1. The molecule has 0 aliphatic rings. The second kappa shape index (κ2) is 10.7. The van der Waals surface area contributed by atoms with Crippen molar-refractivity contribution >= 4 is 11.8 Å². The summed E-state index contributed by atoms with van der Waals surface area (Å²) in [5, 5.41) is 2.82. The summed E-state index contributed by atoms with van der Waals surface area (Å²) in [6.45, 7) is 5.97. The van der Waals surface area contributed by atoms with E-state index >= 15 is 0 Å². The van der Waals surface area contributed by atoms with Crippen LogP contribution in [0.15, 0.2) is 12.4 Å². The fourth-order valence-corrected chi connectivity index (χ4v) is 2.02. The number of ether oxygens (including phenoxy) is 1. The SMILES string of the molecule is CCCN(CCC(=O)NCCCOC)C(=O)c1cnc(C)cn1. The molecule has 7 nitrogen and oxygen atoms in total. The maximum absolute atomic E-state index is 12.4. The number of nitrogens with zero attached hydrogens (tertiary/aromatic N) is 3. The van der Waals surface area contributed by atoms with Gasteiger partial charge in [-0.1, -0.05) is 6.92 Å². The highest BCUT2D eigenvalue weighted by atomic mass is 16.5. The van der Waals surface area contributed by atoms with Crippen LogP contribution in [0.25, 0.3) is 0 Å². The number of amides is 2. The number of methoxy groups -OCH3 is 1. The van der Waals surface area contributed by atoms with E-state index in [2.05, 4.69) is 15.3 Å². The van der Waals surface area contributed by atoms with Crippen LogP contribution in [0.4, 0.5) is 0 Å². The Morgan fingerprint density at radius 1 is 1.26 bits per heavy atom. The van der Waals surface area contributed by atoms with Gasteiger partial charge in [0.05, 0.1) is 11.9 Å². The number of carbonyl (C=O) groups excluding carboxylic acids is 2. The molecule has 0 atom stereocenters. The van der Waals surface area contributed by atoms with Gasteiger partial charge in [-0.25, -0.2) is 4.98 Å². The Bertz CT molecular complexity index is 491. The zero-order valence-electron chi connectivity index (χ0n) is 14.2. The minimum atomic E-state index is -0.188. The highest BCUT2D eigenvalue weighted by molar-refractivity contribution is 5.92. The maximum Gasteiger partial charge on any atom is 0.274 e. The molecule has 0 aromatic carbocycles.